The van der Waals surface area contributed by atoms with Crippen molar-refractivity contribution in [2.45, 2.75) is 25.3 Å². The topological polar surface area (TPSA) is 113 Å². The van der Waals surface area contributed by atoms with Gasteiger partial charge in [-0.05, 0) is 43.7 Å². The van der Waals surface area contributed by atoms with E-state index >= 15 is 0 Å². The standard InChI is InChI=1S/C23H18FN3O6/c1-23(7-6-18(28)25-22(23)32)27-20(30)14-4-2-12(10-15(14)21(27)31)19(29)26-8-9-33-17-11-13(24)3-5-16(17)26/h2-5,10-11H,6-9H2,1H3,(H,25,28,32). The van der Waals surface area contributed by atoms with Crippen molar-refractivity contribution >= 4 is 35.2 Å². The van der Waals surface area contributed by atoms with Crippen LogP contribution in [0.5, 0.6) is 5.75 Å². The van der Waals surface area contributed by atoms with Gasteiger partial charge in [0.25, 0.3) is 23.6 Å². The van der Waals surface area contributed by atoms with Gasteiger partial charge in [0.2, 0.25) is 5.91 Å². The molecule has 10 heteroatoms. The number of halogens is 1. The summed E-state index contributed by atoms with van der Waals surface area (Å²) >= 11 is 0. The third kappa shape index (κ3) is 3.09. The maximum Gasteiger partial charge on any atom is 0.262 e. The minimum absolute atomic E-state index is 0.00356. The number of piperidine rings is 1. The average Bonchev–Trinajstić information content (AvgIpc) is 3.05. The minimum Gasteiger partial charge on any atom is -0.489 e. The van der Waals surface area contributed by atoms with E-state index in [1.807, 2.05) is 0 Å². The van der Waals surface area contributed by atoms with E-state index in [2.05, 4.69) is 5.32 Å². The Hall–Kier alpha value is -4.08. The molecule has 0 saturated carbocycles. The van der Waals surface area contributed by atoms with Gasteiger partial charge in [0.05, 0.1) is 23.4 Å². The summed E-state index contributed by atoms with van der Waals surface area (Å²) in [5, 5.41) is 2.18. The van der Waals surface area contributed by atoms with Gasteiger partial charge in [-0.1, -0.05) is 0 Å². The minimum atomic E-state index is -1.52. The second-order valence-corrected chi connectivity index (χ2v) is 8.27. The predicted octanol–water partition coefficient (Wildman–Crippen LogP) is 1.66. The Morgan fingerprint density at radius 1 is 1.06 bits per heavy atom. The molecule has 3 aliphatic heterocycles. The van der Waals surface area contributed by atoms with Gasteiger partial charge in [-0.2, -0.15) is 0 Å². The molecule has 3 heterocycles. The van der Waals surface area contributed by atoms with Crippen LogP contribution < -0.4 is 15.0 Å². The van der Waals surface area contributed by atoms with Gasteiger partial charge in [0.1, 0.15) is 23.7 Å². The second-order valence-electron chi connectivity index (χ2n) is 8.27. The van der Waals surface area contributed by atoms with Crippen LogP contribution in [0.4, 0.5) is 10.1 Å². The Labute approximate surface area is 187 Å². The summed E-state index contributed by atoms with van der Waals surface area (Å²) in [4.78, 5) is 65.7. The molecule has 5 rings (SSSR count). The lowest BCUT2D eigenvalue weighted by Crippen LogP contribution is -2.62. The van der Waals surface area contributed by atoms with Crippen LogP contribution in [-0.2, 0) is 9.59 Å². The predicted molar refractivity (Wildman–Crippen MR) is 111 cm³/mol. The number of anilines is 1. The largest absolute Gasteiger partial charge is 0.489 e. The van der Waals surface area contributed by atoms with Gasteiger partial charge >= 0.3 is 0 Å². The van der Waals surface area contributed by atoms with Gasteiger partial charge in [-0.15, -0.1) is 0 Å². The highest BCUT2D eigenvalue weighted by atomic mass is 19.1. The second kappa shape index (κ2) is 7.22. The van der Waals surface area contributed by atoms with Gasteiger partial charge in [0, 0.05) is 18.1 Å². The molecule has 9 nitrogen and oxygen atoms in total. The van der Waals surface area contributed by atoms with Crippen LogP contribution in [0.2, 0.25) is 0 Å². The molecular weight excluding hydrogens is 433 g/mol. The first kappa shape index (κ1) is 20.8. The number of hydrogen-bond acceptors (Lipinski definition) is 6. The maximum atomic E-state index is 13.5. The summed E-state index contributed by atoms with van der Waals surface area (Å²) in [5.74, 6) is -3.26. The van der Waals surface area contributed by atoms with Crippen molar-refractivity contribution in [2.24, 2.45) is 0 Å². The van der Waals surface area contributed by atoms with Crippen LogP contribution in [0.1, 0.15) is 50.8 Å². The normalized spacial score (nSPS) is 22.0. The average molecular weight is 451 g/mol. The highest BCUT2D eigenvalue weighted by Crippen LogP contribution is 2.36. The Balaban J connectivity index is 1.48. The number of carbonyl (C=O) groups is 5. The molecule has 5 amide bonds. The van der Waals surface area contributed by atoms with Gasteiger partial charge in [-0.3, -0.25) is 34.2 Å². The summed E-state index contributed by atoms with van der Waals surface area (Å²) < 4.78 is 19.0. The molecule has 33 heavy (non-hydrogen) atoms. The molecule has 2 aromatic rings. The highest BCUT2D eigenvalue weighted by Gasteiger charge is 2.52. The number of carbonyl (C=O) groups excluding carboxylic acids is 5. The molecule has 168 valence electrons. The van der Waals surface area contributed by atoms with E-state index in [0.29, 0.717) is 5.69 Å². The summed E-state index contributed by atoms with van der Waals surface area (Å²) in [7, 11) is 0. The van der Waals surface area contributed by atoms with E-state index in [1.54, 1.807) is 0 Å². The summed E-state index contributed by atoms with van der Waals surface area (Å²) in [5.41, 5.74) is -0.884. The monoisotopic (exact) mass is 451 g/mol. The van der Waals surface area contributed by atoms with Crippen LogP contribution in [0, 0.1) is 5.82 Å². The molecule has 0 spiro atoms. The highest BCUT2D eigenvalue weighted by molar-refractivity contribution is 6.25. The lowest BCUT2D eigenvalue weighted by atomic mass is 9.89. The first-order valence-corrected chi connectivity index (χ1v) is 10.3. The number of ether oxygens (including phenoxy) is 1. The fraction of sp³-hybridized carbons (Fsp3) is 0.261. The number of hydrogen-bond donors (Lipinski definition) is 1. The molecule has 3 aliphatic rings. The number of nitrogens with zero attached hydrogens (tertiary/aromatic N) is 2. The third-order valence-electron chi connectivity index (χ3n) is 6.24. The van der Waals surface area contributed by atoms with E-state index in [0.717, 1.165) is 4.90 Å². The number of fused-ring (bicyclic) bond motifs is 2. The molecule has 1 saturated heterocycles. The molecule has 0 bridgehead atoms. The Kier molecular flexibility index (Phi) is 4.55. The van der Waals surface area contributed by atoms with Crippen molar-refractivity contribution < 1.29 is 33.1 Å². The van der Waals surface area contributed by atoms with Crippen molar-refractivity contribution in [1.82, 2.24) is 10.2 Å². The van der Waals surface area contributed by atoms with E-state index in [9.17, 15) is 28.4 Å². The van der Waals surface area contributed by atoms with Crippen molar-refractivity contribution in [3.05, 3.63) is 58.9 Å². The van der Waals surface area contributed by atoms with Crippen molar-refractivity contribution in [2.75, 3.05) is 18.1 Å². The zero-order valence-corrected chi connectivity index (χ0v) is 17.5. The third-order valence-corrected chi connectivity index (χ3v) is 6.24. The first-order chi connectivity index (χ1) is 15.7. The zero-order chi connectivity index (χ0) is 23.5. The quantitative estimate of drug-likeness (QED) is 0.695. The van der Waals surface area contributed by atoms with E-state index in [1.165, 1.54) is 48.2 Å². The molecule has 0 radical (unpaired) electrons. The smallest absolute Gasteiger partial charge is 0.262 e. The molecule has 1 fully saturated rings. The van der Waals surface area contributed by atoms with Crippen LogP contribution in [0.25, 0.3) is 0 Å². The molecule has 1 unspecified atom stereocenters. The Bertz CT molecular complexity index is 1270. The molecule has 1 N–H and O–H groups in total. The van der Waals surface area contributed by atoms with E-state index in [4.69, 9.17) is 4.74 Å². The van der Waals surface area contributed by atoms with Crippen LogP contribution in [0.3, 0.4) is 0 Å². The van der Waals surface area contributed by atoms with E-state index < -0.39 is 40.9 Å². The number of nitrogens with one attached hydrogen (secondary N) is 1. The number of rotatable bonds is 2. The number of amides is 5. The van der Waals surface area contributed by atoms with Gasteiger partial charge < -0.3 is 9.64 Å². The number of benzene rings is 2. The first-order valence-electron chi connectivity index (χ1n) is 10.3. The molecule has 2 aromatic carbocycles. The van der Waals surface area contributed by atoms with Crippen LogP contribution >= 0.6 is 0 Å². The Morgan fingerprint density at radius 3 is 2.58 bits per heavy atom. The summed E-state index contributed by atoms with van der Waals surface area (Å²) in [6.07, 6.45) is 0.00641. The Morgan fingerprint density at radius 2 is 1.82 bits per heavy atom. The van der Waals surface area contributed by atoms with E-state index in [-0.39, 0.29) is 48.4 Å². The van der Waals surface area contributed by atoms with Crippen molar-refractivity contribution in [3.63, 3.8) is 0 Å². The molecule has 0 aliphatic carbocycles. The fourth-order valence-corrected chi connectivity index (χ4v) is 4.39. The molecule has 1 atom stereocenters. The van der Waals surface area contributed by atoms with Gasteiger partial charge in [0.15, 0.2) is 0 Å². The lowest BCUT2D eigenvalue weighted by Gasteiger charge is -2.38. The maximum absolute atomic E-state index is 13.5. The van der Waals surface area contributed by atoms with Gasteiger partial charge in [-0.25, -0.2) is 4.39 Å². The fourth-order valence-electron chi connectivity index (χ4n) is 4.39. The molecule has 0 aromatic heterocycles. The SMILES string of the molecule is CC1(N2C(=O)c3ccc(C(=O)N4CCOc5cc(F)ccc54)cc3C2=O)CCC(=O)NC1=O. The van der Waals surface area contributed by atoms with Crippen molar-refractivity contribution in [1.29, 1.82) is 0 Å². The summed E-state index contributed by atoms with van der Waals surface area (Å²) in [6.45, 7) is 1.83. The lowest BCUT2D eigenvalue weighted by molar-refractivity contribution is -0.140. The molecular formula is C23H18FN3O6. The van der Waals surface area contributed by atoms with Crippen molar-refractivity contribution in [3.8, 4) is 5.75 Å². The number of imide groups is 2. The summed E-state index contributed by atoms with van der Waals surface area (Å²) in [6, 6.07) is 7.99. The van der Waals surface area contributed by atoms with Crippen LogP contribution in [0.15, 0.2) is 36.4 Å². The zero-order valence-electron chi connectivity index (χ0n) is 17.5. The van der Waals surface area contributed by atoms with Crippen LogP contribution in [-0.4, -0.2) is 53.1 Å².